The van der Waals surface area contributed by atoms with Gasteiger partial charge in [0.15, 0.2) is 0 Å². The molecule has 1 amide bonds. The molecular weight excluding hydrogens is 320 g/mol. The van der Waals surface area contributed by atoms with Gasteiger partial charge in [-0.25, -0.2) is 0 Å². The number of amides is 1. The first kappa shape index (κ1) is 15.8. The minimum absolute atomic E-state index is 0.298. The monoisotopic (exact) mass is 344 g/mol. The summed E-state index contributed by atoms with van der Waals surface area (Å²) < 4.78 is 5.95. The molecule has 0 N–H and O–H groups in total. The van der Waals surface area contributed by atoms with Crippen LogP contribution < -0.4 is 4.90 Å². The predicted molar refractivity (Wildman–Crippen MR) is 98.6 cm³/mol. The van der Waals surface area contributed by atoms with E-state index in [-0.39, 0.29) is 0 Å². The number of piperidine rings is 1. The number of likely N-dealkylation sites (tertiary alicyclic amines) is 1. The van der Waals surface area contributed by atoms with Crippen LogP contribution in [0.2, 0.25) is 0 Å². The van der Waals surface area contributed by atoms with Crippen molar-refractivity contribution in [1.82, 2.24) is 14.2 Å². The van der Waals surface area contributed by atoms with Crippen molar-refractivity contribution in [3.8, 4) is 0 Å². The highest BCUT2D eigenvalue weighted by Crippen LogP contribution is 2.30. The lowest BCUT2D eigenvalue weighted by Gasteiger charge is -2.38. The Bertz CT molecular complexity index is 723. The van der Waals surface area contributed by atoms with Gasteiger partial charge in [-0.3, -0.25) is 9.69 Å². The van der Waals surface area contributed by atoms with Crippen LogP contribution in [0.1, 0.15) is 12.8 Å². The first-order valence-electron chi connectivity index (χ1n) is 8.76. The second-order valence-corrected chi connectivity index (χ2v) is 7.77. The molecule has 0 aliphatic carbocycles. The molecule has 1 aromatic carbocycles. The smallest absolute Gasteiger partial charge is 0.222 e. The van der Waals surface area contributed by atoms with E-state index in [9.17, 15) is 4.79 Å². The van der Waals surface area contributed by atoms with E-state index in [0.29, 0.717) is 18.2 Å². The zero-order valence-electron chi connectivity index (χ0n) is 14.1. The number of fused-ring (bicyclic) bond motifs is 1. The third kappa shape index (κ3) is 3.13. The van der Waals surface area contributed by atoms with Gasteiger partial charge in [0.2, 0.25) is 5.91 Å². The molecule has 2 aromatic rings. The summed E-state index contributed by atoms with van der Waals surface area (Å²) in [5.41, 5.74) is 0. The highest BCUT2D eigenvalue weighted by molar-refractivity contribution is 7.13. The van der Waals surface area contributed by atoms with Crippen molar-refractivity contribution >= 4 is 33.3 Å². The van der Waals surface area contributed by atoms with Crippen molar-refractivity contribution in [2.24, 2.45) is 5.92 Å². The van der Waals surface area contributed by atoms with Gasteiger partial charge in [-0.05, 0) is 36.0 Å². The van der Waals surface area contributed by atoms with Gasteiger partial charge in [0.05, 0.1) is 4.70 Å². The normalized spacial score (nSPS) is 23.2. The van der Waals surface area contributed by atoms with Crippen LogP contribution in [0, 0.1) is 5.92 Å². The molecular formula is C18H24N4OS. The molecule has 0 spiro atoms. The maximum absolute atomic E-state index is 11.6. The van der Waals surface area contributed by atoms with Crippen molar-refractivity contribution in [2.75, 3.05) is 51.2 Å². The SMILES string of the molecule is CN1CC(CN2CCN(c3nsc4ccccc34)CC2)CCC1=O. The van der Waals surface area contributed by atoms with Gasteiger partial charge in [0, 0.05) is 58.1 Å². The summed E-state index contributed by atoms with van der Waals surface area (Å²) in [7, 11) is 1.93. The zero-order chi connectivity index (χ0) is 16.5. The number of hydrogen-bond donors (Lipinski definition) is 0. The molecule has 0 bridgehead atoms. The van der Waals surface area contributed by atoms with Crippen LogP contribution in [0.5, 0.6) is 0 Å². The second kappa shape index (κ2) is 6.69. The molecule has 2 fully saturated rings. The molecule has 2 aliphatic rings. The third-order valence-corrected chi connectivity index (χ3v) is 6.09. The molecule has 1 aromatic heterocycles. The fourth-order valence-corrected chi connectivity index (χ4v) is 4.65. The van der Waals surface area contributed by atoms with Gasteiger partial charge in [-0.1, -0.05) is 12.1 Å². The molecule has 1 unspecified atom stereocenters. The number of hydrogen-bond acceptors (Lipinski definition) is 5. The average Bonchev–Trinajstić information content (AvgIpc) is 3.03. The third-order valence-electron chi connectivity index (χ3n) is 5.27. The lowest BCUT2D eigenvalue weighted by molar-refractivity contribution is -0.133. The number of nitrogens with zero attached hydrogens (tertiary/aromatic N) is 4. The highest BCUT2D eigenvalue weighted by atomic mass is 32.1. The molecule has 1 atom stereocenters. The van der Waals surface area contributed by atoms with E-state index < -0.39 is 0 Å². The lowest BCUT2D eigenvalue weighted by atomic mass is 9.97. The zero-order valence-corrected chi connectivity index (χ0v) is 15.0. The molecule has 5 nitrogen and oxygen atoms in total. The van der Waals surface area contributed by atoms with Gasteiger partial charge in [0.25, 0.3) is 0 Å². The molecule has 128 valence electrons. The Morgan fingerprint density at radius 1 is 1.21 bits per heavy atom. The first-order valence-corrected chi connectivity index (χ1v) is 9.54. The van der Waals surface area contributed by atoms with E-state index in [1.54, 1.807) is 11.5 Å². The van der Waals surface area contributed by atoms with Gasteiger partial charge in [-0.2, -0.15) is 4.37 Å². The number of carbonyl (C=O) groups excluding carboxylic acids is 1. The standard InChI is InChI=1S/C18H24N4OS/c1-20-12-14(6-7-17(20)23)13-21-8-10-22(11-9-21)18-15-4-2-3-5-16(15)24-19-18/h2-5,14H,6-13H2,1H3. The molecule has 0 saturated carbocycles. The van der Waals surface area contributed by atoms with E-state index in [1.807, 2.05) is 11.9 Å². The van der Waals surface area contributed by atoms with Crippen molar-refractivity contribution in [3.63, 3.8) is 0 Å². The van der Waals surface area contributed by atoms with Crippen LogP contribution in [-0.4, -0.2) is 66.4 Å². The largest absolute Gasteiger partial charge is 0.353 e. The number of anilines is 1. The van der Waals surface area contributed by atoms with E-state index >= 15 is 0 Å². The maximum Gasteiger partial charge on any atom is 0.222 e. The van der Waals surface area contributed by atoms with Gasteiger partial charge in [0.1, 0.15) is 5.82 Å². The fourth-order valence-electron chi connectivity index (χ4n) is 3.86. The molecule has 24 heavy (non-hydrogen) atoms. The summed E-state index contributed by atoms with van der Waals surface area (Å²) in [6.07, 6.45) is 1.76. The summed E-state index contributed by atoms with van der Waals surface area (Å²) in [6.45, 7) is 6.27. The lowest BCUT2D eigenvalue weighted by Crippen LogP contribution is -2.50. The maximum atomic E-state index is 11.6. The molecule has 0 radical (unpaired) electrons. The second-order valence-electron chi connectivity index (χ2n) is 6.97. The van der Waals surface area contributed by atoms with Crippen LogP contribution >= 0.6 is 11.5 Å². The quantitative estimate of drug-likeness (QED) is 0.856. The number of carbonyl (C=O) groups is 1. The van der Waals surface area contributed by atoms with Crippen LogP contribution in [-0.2, 0) is 4.79 Å². The molecule has 6 heteroatoms. The van der Waals surface area contributed by atoms with E-state index in [1.165, 1.54) is 10.1 Å². The van der Waals surface area contributed by atoms with E-state index in [0.717, 1.165) is 51.5 Å². The summed E-state index contributed by atoms with van der Waals surface area (Å²) in [6, 6.07) is 8.49. The Hall–Kier alpha value is -1.66. The van der Waals surface area contributed by atoms with E-state index in [2.05, 4.69) is 38.4 Å². The molecule has 2 saturated heterocycles. The Balaban J connectivity index is 1.34. The van der Waals surface area contributed by atoms with Crippen molar-refractivity contribution in [1.29, 1.82) is 0 Å². The number of benzene rings is 1. The van der Waals surface area contributed by atoms with Gasteiger partial charge in [-0.15, -0.1) is 0 Å². The summed E-state index contributed by atoms with van der Waals surface area (Å²) in [5, 5.41) is 1.28. The Morgan fingerprint density at radius 2 is 2.00 bits per heavy atom. The minimum atomic E-state index is 0.298. The van der Waals surface area contributed by atoms with Crippen molar-refractivity contribution < 1.29 is 4.79 Å². The fraction of sp³-hybridized carbons (Fsp3) is 0.556. The summed E-state index contributed by atoms with van der Waals surface area (Å²) in [5.74, 6) is 2.07. The first-order chi connectivity index (χ1) is 11.7. The molecule has 3 heterocycles. The van der Waals surface area contributed by atoms with Crippen LogP contribution in [0.4, 0.5) is 5.82 Å². The van der Waals surface area contributed by atoms with Crippen LogP contribution in [0.15, 0.2) is 24.3 Å². The average molecular weight is 344 g/mol. The van der Waals surface area contributed by atoms with Crippen molar-refractivity contribution in [2.45, 2.75) is 12.8 Å². The minimum Gasteiger partial charge on any atom is -0.353 e. The summed E-state index contributed by atoms with van der Waals surface area (Å²) in [4.78, 5) is 18.5. The number of piperazine rings is 1. The van der Waals surface area contributed by atoms with E-state index in [4.69, 9.17) is 0 Å². The van der Waals surface area contributed by atoms with Crippen LogP contribution in [0.25, 0.3) is 10.1 Å². The topological polar surface area (TPSA) is 39.7 Å². The highest BCUT2D eigenvalue weighted by Gasteiger charge is 2.27. The number of rotatable bonds is 3. The summed E-state index contributed by atoms with van der Waals surface area (Å²) >= 11 is 1.59. The van der Waals surface area contributed by atoms with Gasteiger partial charge < -0.3 is 9.80 Å². The predicted octanol–water partition coefficient (Wildman–Crippen LogP) is 2.29. The molecule has 4 rings (SSSR count). The Labute approximate surface area is 147 Å². The Kier molecular flexibility index (Phi) is 4.41. The Morgan fingerprint density at radius 3 is 2.79 bits per heavy atom. The van der Waals surface area contributed by atoms with Crippen molar-refractivity contribution in [3.05, 3.63) is 24.3 Å². The molecule has 2 aliphatic heterocycles. The van der Waals surface area contributed by atoms with Gasteiger partial charge >= 0.3 is 0 Å². The number of aromatic nitrogens is 1. The van der Waals surface area contributed by atoms with Crippen LogP contribution in [0.3, 0.4) is 0 Å².